The summed E-state index contributed by atoms with van der Waals surface area (Å²) in [5.74, 6) is -0.389. The molecule has 1 aliphatic rings. The van der Waals surface area contributed by atoms with Gasteiger partial charge in [0, 0.05) is 15.9 Å². The van der Waals surface area contributed by atoms with E-state index in [2.05, 4.69) is 17.3 Å². The Bertz CT molecular complexity index is 1130. The number of esters is 1. The third kappa shape index (κ3) is 4.17. The maximum absolute atomic E-state index is 13.8. The summed E-state index contributed by atoms with van der Waals surface area (Å²) in [6, 6.07) is 15.7. The first-order valence-corrected chi connectivity index (χ1v) is 11.6. The molecule has 0 atom stereocenters. The van der Waals surface area contributed by atoms with Crippen molar-refractivity contribution in [2.45, 2.75) is 43.4 Å². The Labute approximate surface area is 186 Å². The van der Waals surface area contributed by atoms with Gasteiger partial charge in [-0.15, -0.1) is 11.8 Å². The minimum Gasteiger partial charge on any atom is -0.461 e. The van der Waals surface area contributed by atoms with Gasteiger partial charge in [-0.1, -0.05) is 54.5 Å². The van der Waals surface area contributed by atoms with Crippen molar-refractivity contribution in [1.82, 2.24) is 5.16 Å². The van der Waals surface area contributed by atoms with Crippen molar-refractivity contribution in [2.75, 3.05) is 12.9 Å². The van der Waals surface area contributed by atoms with Crippen molar-refractivity contribution in [1.29, 1.82) is 0 Å². The molecule has 5 nitrogen and oxygen atoms in total. The van der Waals surface area contributed by atoms with Crippen molar-refractivity contribution in [3.05, 3.63) is 82.2 Å². The van der Waals surface area contributed by atoms with Crippen LogP contribution in [0.4, 0.5) is 0 Å². The zero-order valence-corrected chi connectivity index (χ0v) is 18.8. The normalized spacial score (nSPS) is 14.3. The van der Waals surface area contributed by atoms with E-state index in [1.165, 1.54) is 4.90 Å². The van der Waals surface area contributed by atoms with Crippen LogP contribution in [0.1, 0.15) is 70.0 Å². The number of thioether (sulfide) groups is 1. The molecule has 6 heteroatoms. The maximum Gasteiger partial charge on any atom is 0.361 e. The van der Waals surface area contributed by atoms with E-state index >= 15 is 0 Å². The van der Waals surface area contributed by atoms with Crippen LogP contribution in [0.25, 0.3) is 0 Å². The van der Waals surface area contributed by atoms with Crippen LogP contribution in [-0.2, 0) is 16.6 Å². The third-order valence-electron chi connectivity index (χ3n) is 5.77. The van der Waals surface area contributed by atoms with Crippen molar-refractivity contribution < 1.29 is 18.8 Å². The topological polar surface area (TPSA) is 69.4 Å². The van der Waals surface area contributed by atoms with E-state index in [0.717, 1.165) is 24.0 Å². The molecule has 0 amide bonds. The number of rotatable bonds is 8. The zero-order valence-electron chi connectivity index (χ0n) is 17.9. The molecular formula is C25H25NO4S. The Hall–Kier alpha value is -2.86. The summed E-state index contributed by atoms with van der Waals surface area (Å²) in [6.45, 7) is 3.95. The Morgan fingerprint density at radius 3 is 2.45 bits per heavy atom. The van der Waals surface area contributed by atoms with Gasteiger partial charge in [-0.2, -0.15) is 0 Å². The highest BCUT2D eigenvalue weighted by molar-refractivity contribution is 7.98. The van der Waals surface area contributed by atoms with Crippen LogP contribution in [0.15, 0.2) is 57.9 Å². The van der Waals surface area contributed by atoms with E-state index in [1.807, 2.05) is 43.5 Å². The molecular weight excluding hydrogens is 410 g/mol. The first-order valence-electron chi connectivity index (χ1n) is 10.4. The van der Waals surface area contributed by atoms with Gasteiger partial charge in [-0.05, 0) is 49.6 Å². The molecule has 4 rings (SSSR count). The van der Waals surface area contributed by atoms with Crippen molar-refractivity contribution in [2.24, 2.45) is 0 Å². The summed E-state index contributed by atoms with van der Waals surface area (Å²) >= 11 is 1.68. The minimum absolute atomic E-state index is 0.0331. The summed E-state index contributed by atoms with van der Waals surface area (Å²) in [4.78, 5) is 27.5. The van der Waals surface area contributed by atoms with E-state index in [9.17, 15) is 9.59 Å². The van der Waals surface area contributed by atoms with Gasteiger partial charge in [-0.25, -0.2) is 4.79 Å². The number of carbonyl (C=O) groups excluding carboxylic acids is 2. The molecule has 160 valence electrons. The second-order valence-electron chi connectivity index (χ2n) is 7.99. The number of ketones is 1. The van der Waals surface area contributed by atoms with Crippen LogP contribution in [-0.4, -0.2) is 29.8 Å². The van der Waals surface area contributed by atoms with Crippen LogP contribution < -0.4 is 0 Å². The summed E-state index contributed by atoms with van der Waals surface area (Å²) in [7, 11) is 0. The standard InChI is InChI=1S/C25H25NO4S/c1-4-29-24(28)21-20(23(30-26-21)25(2)13-14-25)22(27)18-11-7-5-9-16(18)15-17-10-6-8-12-19(17)31-3/h5-12H,4,13-15H2,1-3H3. The van der Waals surface area contributed by atoms with Crippen molar-refractivity contribution in [3.8, 4) is 0 Å². The monoisotopic (exact) mass is 435 g/mol. The van der Waals surface area contributed by atoms with E-state index in [-0.39, 0.29) is 29.1 Å². The lowest BCUT2D eigenvalue weighted by atomic mass is 9.90. The largest absolute Gasteiger partial charge is 0.461 e. The molecule has 1 heterocycles. The highest BCUT2D eigenvalue weighted by atomic mass is 32.2. The van der Waals surface area contributed by atoms with Crippen LogP contribution in [0.3, 0.4) is 0 Å². The van der Waals surface area contributed by atoms with Gasteiger partial charge in [-0.3, -0.25) is 4.79 Å². The number of aromatic nitrogens is 1. The molecule has 1 saturated carbocycles. The quantitative estimate of drug-likeness (QED) is 0.266. The van der Waals surface area contributed by atoms with E-state index in [1.54, 1.807) is 24.8 Å². The first-order chi connectivity index (χ1) is 15.0. The predicted molar refractivity (Wildman–Crippen MR) is 120 cm³/mol. The molecule has 1 aliphatic carbocycles. The highest BCUT2D eigenvalue weighted by Gasteiger charge is 2.47. The molecule has 3 aromatic rings. The molecule has 0 unspecified atom stereocenters. The number of hydrogen-bond acceptors (Lipinski definition) is 6. The van der Waals surface area contributed by atoms with E-state index in [4.69, 9.17) is 9.26 Å². The highest BCUT2D eigenvalue weighted by Crippen LogP contribution is 2.49. The molecule has 0 aliphatic heterocycles. The molecule has 0 N–H and O–H groups in total. The van der Waals surface area contributed by atoms with Crippen molar-refractivity contribution >= 4 is 23.5 Å². The number of ether oxygens (including phenoxy) is 1. The fraction of sp³-hybridized carbons (Fsp3) is 0.320. The number of benzene rings is 2. The zero-order chi connectivity index (χ0) is 22.0. The molecule has 0 bridgehead atoms. The first kappa shape index (κ1) is 21.4. The van der Waals surface area contributed by atoms with Gasteiger partial charge in [0.1, 0.15) is 5.56 Å². The molecule has 2 aromatic carbocycles. The fourth-order valence-electron chi connectivity index (χ4n) is 3.75. The number of hydrogen-bond donors (Lipinski definition) is 0. The van der Waals surface area contributed by atoms with Crippen LogP contribution in [0, 0.1) is 0 Å². The smallest absolute Gasteiger partial charge is 0.361 e. The van der Waals surface area contributed by atoms with Gasteiger partial charge >= 0.3 is 5.97 Å². The average molecular weight is 436 g/mol. The lowest BCUT2D eigenvalue weighted by Gasteiger charge is -2.13. The van der Waals surface area contributed by atoms with Crippen molar-refractivity contribution in [3.63, 3.8) is 0 Å². The number of carbonyl (C=O) groups is 2. The van der Waals surface area contributed by atoms with Gasteiger partial charge in [0.05, 0.1) is 6.61 Å². The molecule has 0 radical (unpaired) electrons. The SMILES string of the molecule is CCOC(=O)c1noc(C2(C)CC2)c1C(=O)c1ccccc1Cc1ccccc1SC. The summed E-state index contributed by atoms with van der Waals surface area (Å²) < 4.78 is 10.7. The van der Waals surface area contributed by atoms with E-state index < -0.39 is 5.97 Å². The number of nitrogens with zero attached hydrogens (tertiary/aromatic N) is 1. The average Bonchev–Trinajstić information content (AvgIpc) is 3.36. The van der Waals surface area contributed by atoms with Crippen LogP contribution >= 0.6 is 11.8 Å². The molecule has 31 heavy (non-hydrogen) atoms. The summed E-state index contributed by atoms with van der Waals surface area (Å²) in [5.41, 5.74) is 2.55. The summed E-state index contributed by atoms with van der Waals surface area (Å²) in [5, 5.41) is 3.96. The second kappa shape index (κ2) is 8.71. The van der Waals surface area contributed by atoms with Gasteiger partial charge in [0.2, 0.25) is 5.69 Å². The van der Waals surface area contributed by atoms with Gasteiger partial charge < -0.3 is 9.26 Å². The van der Waals surface area contributed by atoms with Crippen LogP contribution in [0.5, 0.6) is 0 Å². The van der Waals surface area contributed by atoms with Gasteiger partial charge in [0.15, 0.2) is 11.5 Å². The molecule has 1 fully saturated rings. The second-order valence-corrected chi connectivity index (χ2v) is 8.84. The molecule has 0 spiro atoms. The predicted octanol–water partition coefficient (Wildman–Crippen LogP) is 5.45. The lowest BCUT2D eigenvalue weighted by Crippen LogP contribution is -2.16. The van der Waals surface area contributed by atoms with Gasteiger partial charge in [0.25, 0.3) is 0 Å². The maximum atomic E-state index is 13.8. The third-order valence-corrected chi connectivity index (χ3v) is 6.61. The molecule has 0 saturated heterocycles. The van der Waals surface area contributed by atoms with E-state index in [0.29, 0.717) is 17.7 Å². The Kier molecular flexibility index (Phi) is 6.01. The summed E-state index contributed by atoms with van der Waals surface area (Å²) in [6.07, 6.45) is 4.45. The lowest BCUT2D eigenvalue weighted by molar-refractivity contribution is 0.0512. The Morgan fingerprint density at radius 1 is 1.10 bits per heavy atom. The molecule has 1 aromatic heterocycles. The minimum atomic E-state index is -0.629. The fourth-order valence-corrected chi connectivity index (χ4v) is 4.37. The Balaban J connectivity index is 1.78. The Morgan fingerprint density at radius 2 is 1.77 bits per heavy atom. The van der Waals surface area contributed by atoms with Crippen LogP contribution in [0.2, 0.25) is 0 Å².